The maximum absolute atomic E-state index is 12.3. The van der Waals surface area contributed by atoms with E-state index in [1.54, 1.807) is 22.8 Å². The van der Waals surface area contributed by atoms with Gasteiger partial charge in [-0.25, -0.2) is 4.79 Å². The van der Waals surface area contributed by atoms with Crippen LogP contribution in [0.15, 0.2) is 23.0 Å². The Labute approximate surface area is 110 Å². The van der Waals surface area contributed by atoms with Crippen LogP contribution < -0.4 is 10.2 Å². The van der Waals surface area contributed by atoms with Crippen LogP contribution in [0.5, 0.6) is 5.75 Å². The van der Waals surface area contributed by atoms with E-state index in [4.69, 9.17) is 4.74 Å². The standard InChI is InChI=1S/C14H15NO4/c1-4-15-11(14(17)18)8(2)13(16)9-6-5-7-10(19-3)12(9)15/h5-7H,4H2,1-3H3,(H,17,18). The van der Waals surface area contributed by atoms with Crippen molar-refractivity contribution in [2.24, 2.45) is 0 Å². The highest BCUT2D eigenvalue weighted by molar-refractivity contribution is 5.94. The molecule has 0 amide bonds. The average molecular weight is 261 g/mol. The highest BCUT2D eigenvalue weighted by Gasteiger charge is 2.20. The van der Waals surface area contributed by atoms with Gasteiger partial charge in [-0.3, -0.25) is 4.79 Å². The lowest BCUT2D eigenvalue weighted by Crippen LogP contribution is -2.22. The molecule has 0 unspecified atom stereocenters. The first-order chi connectivity index (χ1) is 9.02. The number of hydrogen-bond donors (Lipinski definition) is 1. The second kappa shape index (κ2) is 4.76. The van der Waals surface area contributed by atoms with Gasteiger partial charge in [0, 0.05) is 17.5 Å². The van der Waals surface area contributed by atoms with E-state index in [2.05, 4.69) is 0 Å². The van der Waals surface area contributed by atoms with Gasteiger partial charge in [-0.15, -0.1) is 0 Å². The molecule has 1 N–H and O–H groups in total. The van der Waals surface area contributed by atoms with Crippen molar-refractivity contribution in [3.8, 4) is 5.75 Å². The SMILES string of the molecule is CCn1c(C(=O)O)c(C)c(=O)c2cccc(OC)c21. The van der Waals surface area contributed by atoms with Crippen LogP contribution >= 0.6 is 0 Å². The van der Waals surface area contributed by atoms with Gasteiger partial charge in [-0.1, -0.05) is 6.07 Å². The van der Waals surface area contributed by atoms with Crippen LogP contribution in [-0.4, -0.2) is 22.8 Å². The van der Waals surface area contributed by atoms with Crippen molar-refractivity contribution in [1.82, 2.24) is 4.57 Å². The zero-order chi connectivity index (χ0) is 14.2. The Hall–Kier alpha value is -2.30. The molecule has 0 saturated carbocycles. The van der Waals surface area contributed by atoms with Gasteiger partial charge in [-0.2, -0.15) is 0 Å². The summed E-state index contributed by atoms with van der Waals surface area (Å²) in [4.78, 5) is 23.7. The number of hydrogen-bond acceptors (Lipinski definition) is 3. The fraction of sp³-hybridized carbons (Fsp3) is 0.286. The Morgan fingerprint density at radius 1 is 1.42 bits per heavy atom. The van der Waals surface area contributed by atoms with E-state index >= 15 is 0 Å². The molecule has 0 radical (unpaired) electrons. The molecule has 0 aliphatic carbocycles. The maximum atomic E-state index is 12.3. The number of para-hydroxylation sites is 1. The number of benzene rings is 1. The topological polar surface area (TPSA) is 68.5 Å². The molecule has 2 aromatic rings. The normalized spacial score (nSPS) is 10.7. The molecule has 1 aromatic heterocycles. The Bertz CT molecular complexity index is 715. The Morgan fingerprint density at radius 2 is 2.11 bits per heavy atom. The van der Waals surface area contributed by atoms with Crippen LogP contribution in [0.1, 0.15) is 23.0 Å². The zero-order valence-electron chi connectivity index (χ0n) is 11.1. The van der Waals surface area contributed by atoms with E-state index in [0.717, 1.165) is 0 Å². The molecule has 0 atom stereocenters. The molecule has 0 fully saturated rings. The monoisotopic (exact) mass is 261 g/mol. The third kappa shape index (κ3) is 1.87. The van der Waals surface area contributed by atoms with Gasteiger partial charge >= 0.3 is 5.97 Å². The Kier molecular flexibility index (Phi) is 3.29. The molecule has 0 aliphatic heterocycles. The molecule has 1 aromatic carbocycles. The summed E-state index contributed by atoms with van der Waals surface area (Å²) in [5.74, 6) is -0.608. The summed E-state index contributed by atoms with van der Waals surface area (Å²) in [7, 11) is 1.50. The van der Waals surface area contributed by atoms with Gasteiger partial charge < -0.3 is 14.4 Å². The summed E-state index contributed by atoms with van der Waals surface area (Å²) < 4.78 is 6.85. The number of nitrogens with zero attached hydrogens (tertiary/aromatic N) is 1. The Morgan fingerprint density at radius 3 is 2.63 bits per heavy atom. The van der Waals surface area contributed by atoms with Gasteiger partial charge in [0.2, 0.25) is 0 Å². The van der Waals surface area contributed by atoms with Gasteiger partial charge in [0.15, 0.2) is 5.43 Å². The minimum atomic E-state index is -1.11. The average Bonchev–Trinajstić information content (AvgIpc) is 2.41. The lowest BCUT2D eigenvalue weighted by atomic mass is 10.1. The molecule has 5 heteroatoms. The Balaban J connectivity index is 3.11. The summed E-state index contributed by atoms with van der Waals surface area (Å²) in [6, 6.07) is 5.13. The number of ether oxygens (including phenoxy) is 1. The summed E-state index contributed by atoms with van der Waals surface area (Å²) in [6.45, 7) is 3.82. The van der Waals surface area contributed by atoms with Crippen molar-refractivity contribution in [2.75, 3.05) is 7.11 Å². The molecule has 0 aliphatic rings. The van der Waals surface area contributed by atoms with Crippen LogP contribution in [0.2, 0.25) is 0 Å². The highest BCUT2D eigenvalue weighted by atomic mass is 16.5. The first-order valence-corrected chi connectivity index (χ1v) is 5.96. The second-order valence-corrected chi connectivity index (χ2v) is 4.21. The largest absolute Gasteiger partial charge is 0.495 e. The molecular weight excluding hydrogens is 246 g/mol. The molecule has 0 saturated heterocycles. The quantitative estimate of drug-likeness (QED) is 0.918. The van der Waals surface area contributed by atoms with Crippen LogP contribution in [0, 0.1) is 6.92 Å². The molecule has 1 heterocycles. The van der Waals surface area contributed by atoms with Crippen LogP contribution in [0.3, 0.4) is 0 Å². The number of carbonyl (C=O) groups is 1. The highest BCUT2D eigenvalue weighted by Crippen LogP contribution is 2.25. The molecule has 0 bridgehead atoms. The minimum absolute atomic E-state index is 0.0181. The summed E-state index contributed by atoms with van der Waals surface area (Å²) in [5, 5.41) is 9.80. The smallest absolute Gasteiger partial charge is 0.352 e. The number of aryl methyl sites for hydroxylation is 1. The van der Waals surface area contributed by atoms with Crippen LogP contribution in [0.4, 0.5) is 0 Å². The summed E-state index contributed by atoms with van der Waals surface area (Å²) in [6.07, 6.45) is 0. The fourth-order valence-corrected chi connectivity index (χ4v) is 2.36. The van der Waals surface area contributed by atoms with Crippen molar-refractivity contribution in [1.29, 1.82) is 0 Å². The predicted molar refractivity (Wildman–Crippen MR) is 72.1 cm³/mol. The van der Waals surface area contributed by atoms with Crippen molar-refractivity contribution in [2.45, 2.75) is 20.4 Å². The zero-order valence-corrected chi connectivity index (χ0v) is 11.1. The van der Waals surface area contributed by atoms with E-state index in [0.29, 0.717) is 23.2 Å². The number of aromatic carboxylic acids is 1. The van der Waals surface area contributed by atoms with E-state index in [-0.39, 0.29) is 16.7 Å². The first-order valence-electron chi connectivity index (χ1n) is 5.96. The molecule has 5 nitrogen and oxygen atoms in total. The summed E-state index contributed by atoms with van der Waals surface area (Å²) >= 11 is 0. The second-order valence-electron chi connectivity index (χ2n) is 4.21. The first kappa shape index (κ1) is 13.1. The van der Waals surface area contributed by atoms with Crippen molar-refractivity contribution < 1.29 is 14.6 Å². The minimum Gasteiger partial charge on any atom is -0.495 e. The number of fused-ring (bicyclic) bond motifs is 1. The lowest BCUT2D eigenvalue weighted by Gasteiger charge is -2.17. The van der Waals surface area contributed by atoms with E-state index < -0.39 is 5.97 Å². The van der Waals surface area contributed by atoms with Crippen LogP contribution in [-0.2, 0) is 6.54 Å². The van der Waals surface area contributed by atoms with E-state index in [1.807, 2.05) is 6.92 Å². The third-order valence-electron chi connectivity index (χ3n) is 3.22. The summed E-state index contributed by atoms with van der Waals surface area (Å²) in [5.41, 5.74) is 0.524. The van der Waals surface area contributed by atoms with Crippen molar-refractivity contribution in [3.05, 3.63) is 39.7 Å². The number of carboxylic acids is 1. The maximum Gasteiger partial charge on any atom is 0.352 e. The van der Waals surface area contributed by atoms with Crippen molar-refractivity contribution >= 4 is 16.9 Å². The van der Waals surface area contributed by atoms with Gasteiger partial charge in [0.25, 0.3) is 0 Å². The third-order valence-corrected chi connectivity index (χ3v) is 3.22. The number of aromatic nitrogens is 1. The number of rotatable bonds is 3. The number of pyridine rings is 1. The molecular formula is C14H15NO4. The predicted octanol–water partition coefficient (Wildman–Crippen LogP) is 2.04. The molecule has 100 valence electrons. The van der Waals surface area contributed by atoms with E-state index in [1.165, 1.54) is 14.0 Å². The molecule has 19 heavy (non-hydrogen) atoms. The van der Waals surface area contributed by atoms with Gasteiger partial charge in [-0.05, 0) is 26.0 Å². The van der Waals surface area contributed by atoms with Crippen LogP contribution in [0.25, 0.3) is 10.9 Å². The fourth-order valence-electron chi connectivity index (χ4n) is 2.36. The number of methoxy groups -OCH3 is 1. The number of carboxylic acid groups (broad SMARTS) is 1. The lowest BCUT2D eigenvalue weighted by molar-refractivity contribution is 0.0684. The van der Waals surface area contributed by atoms with Gasteiger partial charge in [0.1, 0.15) is 11.4 Å². The van der Waals surface area contributed by atoms with Gasteiger partial charge in [0.05, 0.1) is 12.6 Å². The molecule has 0 spiro atoms. The van der Waals surface area contributed by atoms with E-state index in [9.17, 15) is 14.7 Å². The molecule has 2 rings (SSSR count). The van der Waals surface area contributed by atoms with Crippen molar-refractivity contribution in [3.63, 3.8) is 0 Å².